The van der Waals surface area contributed by atoms with E-state index in [2.05, 4.69) is 15.7 Å². The Hall–Kier alpha value is -1.99. The molecule has 1 heterocycles. The van der Waals surface area contributed by atoms with Crippen molar-refractivity contribution in [3.63, 3.8) is 0 Å². The average molecular weight is 428 g/mol. The summed E-state index contributed by atoms with van der Waals surface area (Å²) in [4.78, 5) is 0. The summed E-state index contributed by atoms with van der Waals surface area (Å²) in [5.41, 5.74) is 1.32. The molecule has 134 valence electrons. The molecule has 0 unspecified atom stereocenters. The van der Waals surface area contributed by atoms with Crippen molar-refractivity contribution in [3.05, 3.63) is 69.9 Å². The van der Waals surface area contributed by atoms with E-state index >= 15 is 0 Å². The fourth-order valence-electron chi connectivity index (χ4n) is 2.07. The zero-order valence-corrected chi connectivity index (χ0v) is 16.3. The van der Waals surface area contributed by atoms with Crippen molar-refractivity contribution in [1.29, 1.82) is 0 Å². The molecule has 0 aliphatic carbocycles. The molecule has 1 aromatic heterocycles. The number of nitrogens with one attached hydrogen (secondary N) is 2. The number of aromatic nitrogens is 2. The van der Waals surface area contributed by atoms with Crippen molar-refractivity contribution < 1.29 is 4.74 Å². The first-order chi connectivity index (χ1) is 12.5. The largest absolute Gasteiger partial charge is 0.471 e. The molecule has 9 heteroatoms. The predicted octanol–water partition coefficient (Wildman–Crippen LogP) is 5.69. The second kappa shape index (κ2) is 8.60. The van der Waals surface area contributed by atoms with Crippen molar-refractivity contribution in [2.45, 2.75) is 6.73 Å². The van der Waals surface area contributed by atoms with Gasteiger partial charge >= 0.3 is 0 Å². The summed E-state index contributed by atoms with van der Waals surface area (Å²) < 4.78 is 7.25. The molecule has 0 saturated carbocycles. The standard InChI is InChI=1S/C17H13Cl3N4OS/c18-11-2-1-3-14(6-11)25-10-24-9-13(8-21-24)22-17(26)23-16-7-12(19)4-5-15(16)20/h1-9H,10H2,(H2,22,23,26). The number of rotatable bonds is 5. The minimum absolute atomic E-state index is 0.238. The van der Waals surface area contributed by atoms with E-state index in [1.54, 1.807) is 47.4 Å². The molecule has 3 rings (SSSR count). The Kier molecular flexibility index (Phi) is 6.21. The first-order valence-electron chi connectivity index (χ1n) is 7.43. The lowest BCUT2D eigenvalue weighted by Crippen LogP contribution is -2.19. The van der Waals surface area contributed by atoms with Gasteiger partial charge in [0, 0.05) is 10.0 Å². The van der Waals surface area contributed by atoms with Gasteiger partial charge in [-0.05, 0) is 48.6 Å². The number of anilines is 2. The minimum atomic E-state index is 0.238. The van der Waals surface area contributed by atoms with E-state index in [1.165, 1.54) is 0 Å². The zero-order valence-electron chi connectivity index (χ0n) is 13.2. The molecule has 0 amide bonds. The number of halogens is 3. The quantitative estimate of drug-likeness (QED) is 0.512. The van der Waals surface area contributed by atoms with Crippen LogP contribution in [0.2, 0.25) is 15.1 Å². The smallest absolute Gasteiger partial charge is 0.180 e. The molecule has 2 aromatic carbocycles. The monoisotopic (exact) mass is 426 g/mol. The highest BCUT2D eigenvalue weighted by molar-refractivity contribution is 7.80. The summed E-state index contributed by atoms with van der Waals surface area (Å²) >= 11 is 23.3. The van der Waals surface area contributed by atoms with Gasteiger partial charge < -0.3 is 15.4 Å². The molecule has 26 heavy (non-hydrogen) atoms. The molecular weight excluding hydrogens is 415 g/mol. The predicted molar refractivity (Wildman–Crippen MR) is 111 cm³/mol. The second-order valence-electron chi connectivity index (χ2n) is 5.20. The maximum absolute atomic E-state index is 6.11. The van der Waals surface area contributed by atoms with Crippen LogP contribution in [0.3, 0.4) is 0 Å². The van der Waals surface area contributed by atoms with E-state index in [0.717, 1.165) is 0 Å². The van der Waals surface area contributed by atoms with E-state index in [9.17, 15) is 0 Å². The summed E-state index contributed by atoms with van der Waals surface area (Å²) in [5.74, 6) is 0.662. The molecule has 0 bridgehead atoms. The second-order valence-corrected chi connectivity index (χ2v) is 6.89. The lowest BCUT2D eigenvalue weighted by molar-refractivity contribution is 0.221. The molecule has 0 spiro atoms. The molecule has 0 aliphatic rings. The highest BCUT2D eigenvalue weighted by Crippen LogP contribution is 2.25. The van der Waals surface area contributed by atoms with Crippen LogP contribution < -0.4 is 15.4 Å². The summed E-state index contributed by atoms with van der Waals surface area (Å²) in [5, 5.41) is 12.3. The maximum atomic E-state index is 6.11. The lowest BCUT2D eigenvalue weighted by Gasteiger charge is -2.10. The van der Waals surface area contributed by atoms with Crippen LogP contribution >= 0.6 is 47.0 Å². The Labute approximate surface area is 170 Å². The Balaban J connectivity index is 1.56. The Morgan fingerprint density at radius 3 is 2.69 bits per heavy atom. The molecule has 2 N–H and O–H groups in total. The topological polar surface area (TPSA) is 51.1 Å². The van der Waals surface area contributed by atoms with E-state index in [0.29, 0.717) is 37.3 Å². The third-order valence-corrected chi connectivity index (χ3v) is 4.23. The van der Waals surface area contributed by atoms with Crippen molar-refractivity contribution in [2.24, 2.45) is 0 Å². The van der Waals surface area contributed by atoms with E-state index in [-0.39, 0.29) is 6.73 Å². The van der Waals surface area contributed by atoms with Crippen LogP contribution in [-0.4, -0.2) is 14.9 Å². The maximum Gasteiger partial charge on any atom is 0.180 e. The van der Waals surface area contributed by atoms with Crippen LogP contribution in [0.4, 0.5) is 11.4 Å². The van der Waals surface area contributed by atoms with Gasteiger partial charge in [0.25, 0.3) is 0 Å². The normalized spacial score (nSPS) is 10.4. The van der Waals surface area contributed by atoms with Gasteiger partial charge in [-0.2, -0.15) is 5.10 Å². The van der Waals surface area contributed by atoms with Gasteiger partial charge in [-0.25, -0.2) is 4.68 Å². The van der Waals surface area contributed by atoms with E-state index in [1.807, 2.05) is 12.1 Å². The molecule has 5 nitrogen and oxygen atoms in total. The molecule has 0 fully saturated rings. The van der Waals surface area contributed by atoms with Gasteiger partial charge in [0.1, 0.15) is 5.75 Å². The van der Waals surface area contributed by atoms with Crippen molar-refractivity contribution in [1.82, 2.24) is 9.78 Å². The summed E-state index contributed by atoms with van der Waals surface area (Å²) in [6, 6.07) is 12.2. The number of benzene rings is 2. The van der Waals surface area contributed by atoms with Gasteiger partial charge in [0.15, 0.2) is 11.8 Å². The van der Waals surface area contributed by atoms with Crippen LogP contribution in [0, 0.1) is 0 Å². The third-order valence-electron chi connectivity index (χ3n) is 3.23. The van der Waals surface area contributed by atoms with Crippen LogP contribution in [-0.2, 0) is 6.73 Å². The first-order valence-corrected chi connectivity index (χ1v) is 8.98. The third kappa shape index (κ3) is 5.25. The molecule has 0 saturated heterocycles. The molecular formula is C17H13Cl3N4OS. The zero-order chi connectivity index (χ0) is 18.5. The van der Waals surface area contributed by atoms with Crippen molar-refractivity contribution in [2.75, 3.05) is 10.6 Å². The fraction of sp³-hybridized carbons (Fsp3) is 0.0588. The fourth-order valence-corrected chi connectivity index (χ4v) is 2.82. The van der Waals surface area contributed by atoms with Crippen LogP contribution in [0.25, 0.3) is 0 Å². The Morgan fingerprint density at radius 1 is 1.08 bits per heavy atom. The lowest BCUT2D eigenvalue weighted by atomic mass is 10.3. The van der Waals surface area contributed by atoms with Gasteiger partial charge in [-0.3, -0.25) is 0 Å². The molecule has 0 atom stereocenters. The molecule has 0 radical (unpaired) electrons. The highest BCUT2D eigenvalue weighted by Gasteiger charge is 2.06. The summed E-state index contributed by atoms with van der Waals surface area (Å²) in [6.45, 7) is 0.238. The Bertz CT molecular complexity index is 932. The molecule has 0 aliphatic heterocycles. The SMILES string of the molecule is S=C(Nc1cnn(COc2cccc(Cl)c2)c1)Nc1cc(Cl)ccc1Cl. The first kappa shape index (κ1) is 18.8. The van der Waals surface area contributed by atoms with Crippen molar-refractivity contribution in [3.8, 4) is 5.75 Å². The van der Waals surface area contributed by atoms with Crippen LogP contribution in [0.5, 0.6) is 5.75 Å². The van der Waals surface area contributed by atoms with Gasteiger partial charge in [-0.15, -0.1) is 0 Å². The van der Waals surface area contributed by atoms with Gasteiger partial charge in [0.05, 0.1) is 28.8 Å². The summed E-state index contributed by atoms with van der Waals surface area (Å²) in [7, 11) is 0. The Morgan fingerprint density at radius 2 is 1.88 bits per heavy atom. The van der Waals surface area contributed by atoms with Gasteiger partial charge in [-0.1, -0.05) is 40.9 Å². The van der Waals surface area contributed by atoms with Gasteiger partial charge in [0.2, 0.25) is 0 Å². The average Bonchev–Trinajstić information content (AvgIpc) is 3.04. The van der Waals surface area contributed by atoms with Crippen molar-refractivity contribution >= 4 is 63.5 Å². The number of ether oxygens (including phenoxy) is 1. The number of thiocarbonyl (C=S) groups is 1. The highest BCUT2D eigenvalue weighted by atomic mass is 35.5. The summed E-state index contributed by atoms with van der Waals surface area (Å²) in [6.07, 6.45) is 3.40. The number of nitrogens with zero attached hydrogens (tertiary/aromatic N) is 2. The molecule has 3 aromatic rings. The number of hydrogen-bond donors (Lipinski definition) is 2. The number of hydrogen-bond acceptors (Lipinski definition) is 3. The van der Waals surface area contributed by atoms with E-state index in [4.69, 9.17) is 51.8 Å². The van der Waals surface area contributed by atoms with Crippen LogP contribution in [0.15, 0.2) is 54.9 Å². The van der Waals surface area contributed by atoms with E-state index < -0.39 is 0 Å². The minimum Gasteiger partial charge on any atom is -0.471 e. The van der Waals surface area contributed by atoms with Crippen LogP contribution in [0.1, 0.15) is 0 Å².